The van der Waals surface area contributed by atoms with Crippen LogP contribution in [-0.2, 0) is 9.59 Å². The van der Waals surface area contributed by atoms with Crippen molar-refractivity contribution in [1.29, 1.82) is 0 Å². The Hall–Kier alpha value is -2.57. The van der Waals surface area contributed by atoms with Gasteiger partial charge in [-0.15, -0.1) is 0 Å². The molecule has 0 saturated carbocycles. The van der Waals surface area contributed by atoms with E-state index in [9.17, 15) is 9.59 Å². The first-order valence-electron chi connectivity index (χ1n) is 8.48. The van der Waals surface area contributed by atoms with Gasteiger partial charge in [-0.1, -0.05) is 18.0 Å². The van der Waals surface area contributed by atoms with Crippen molar-refractivity contribution in [2.75, 3.05) is 31.4 Å². The molecule has 0 aliphatic rings. The van der Waals surface area contributed by atoms with Crippen LogP contribution >= 0.6 is 0 Å². The van der Waals surface area contributed by atoms with Crippen LogP contribution in [0.4, 0.5) is 11.4 Å². The van der Waals surface area contributed by atoms with Gasteiger partial charge in [0.15, 0.2) is 0 Å². The Morgan fingerprint density at radius 3 is 2.16 bits per heavy atom. The number of benzene rings is 1. The maximum absolute atomic E-state index is 11.9. The molecule has 0 aliphatic heterocycles. The highest BCUT2D eigenvalue weighted by Gasteiger charge is 2.09. The van der Waals surface area contributed by atoms with Crippen molar-refractivity contribution in [3.63, 3.8) is 0 Å². The van der Waals surface area contributed by atoms with Crippen LogP contribution in [0.15, 0.2) is 29.4 Å². The third-order valence-electron chi connectivity index (χ3n) is 3.84. The average molecular weight is 348 g/mol. The Morgan fingerprint density at radius 1 is 1.04 bits per heavy atom. The molecule has 0 bridgehead atoms. The number of carbonyl (C=O) groups is 2. The summed E-state index contributed by atoms with van der Waals surface area (Å²) < 4.78 is 0. The normalized spacial score (nSPS) is 11.1. The van der Waals surface area contributed by atoms with Gasteiger partial charge in [0.25, 0.3) is 5.91 Å². The lowest BCUT2D eigenvalue weighted by Gasteiger charge is -2.13. The summed E-state index contributed by atoms with van der Waals surface area (Å²) in [5.74, 6) is -0.359. The molecule has 2 amide bonds. The lowest BCUT2D eigenvalue weighted by Crippen LogP contribution is -2.27. The molecule has 7 heteroatoms. The molecular formula is C18H28N4O3. The van der Waals surface area contributed by atoms with Gasteiger partial charge < -0.3 is 20.7 Å². The number of carbonyl (C=O) groups excluding carboxylic acids is 2. The minimum absolute atomic E-state index is 0.000531. The topological polar surface area (TPSA) is 94.0 Å². The molecule has 0 atom stereocenters. The van der Waals surface area contributed by atoms with Gasteiger partial charge in [0.2, 0.25) is 5.91 Å². The molecule has 138 valence electrons. The SMILES string of the molecule is CNC(=O)/C(CCCCCCC(=O)Nc1ccc(N(C)C)cc1)=N/O. The summed E-state index contributed by atoms with van der Waals surface area (Å²) in [6.45, 7) is 0. The molecule has 0 heterocycles. The van der Waals surface area contributed by atoms with E-state index in [2.05, 4.69) is 15.8 Å². The quantitative estimate of drug-likeness (QED) is 0.262. The van der Waals surface area contributed by atoms with E-state index in [1.165, 1.54) is 7.05 Å². The second-order valence-electron chi connectivity index (χ2n) is 6.03. The zero-order chi connectivity index (χ0) is 18.7. The van der Waals surface area contributed by atoms with Crippen LogP contribution in [0, 0.1) is 0 Å². The largest absolute Gasteiger partial charge is 0.410 e. The number of hydrogen-bond acceptors (Lipinski definition) is 5. The average Bonchev–Trinajstić information content (AvgIpc) is 2.61. The fourth-order valence-corrected chi connectivity index (χ4v) is 2.35. The minimum Gasteiger partial charge on any atom is -0.410 e. The van der Waals surface area contributed by atoms with E-state index in [1.807, 2.05) is 43.3 Å². The van der Waals surface area contributed by atoms with E-state index in [1.54, 1.807) is 0 Å². The number of oxime groups is 1. The van der Waals surface area contributed by atoms with Crippen LogP contribution in [0.3, 0.4) is 0 Å². The number of amides is 2. The van der Waals surface area contributed by atoms with Crippen molar-refractivity contribution in [3.8, 4) is 0 Å². The van der Waals surface area contributed by atoms with E-state index in [0.717, 1.165) is 37.1 Å². The first kappa shape index (κ1) is 20.5. The lowest BCUT2D eigenvalue weighted by molar-refractivity contribution is -0.116. The molecule has 1 rings (SSSR count). The van der Waals surface area contributed by atoms with E-state index in [4.69, 9.17) is 5.21 Å². The predicted octanol–water partition coefficient (Wildman–Crippen LogP) is 2.61. The molecule has 7 nitrogen and oxygen atoms in total. The van der Waals surface area contributed by atoms with Gasteiger partial charge in [-0.2, -0.15) is 0 Å². The second-order valence-corrected chi connectivity index (χ2v) is 6.03. The summed E-state index contributed by atoms with van der Waals surface area (Å²) in [6.07, 6.45) is 4.19. The van der Waals surface area contributed by atoms with Crippen molar-refractivity contribution in [2.45, 2.75) is 38.5 Å². The Balaban J connectivity index is 2.19. The number of nitrogens with zero attached hydrogens (tertiary/aromatic N) is 2. The van der Waals surface area contributed by atoms with Gasteiger partial charge in [-0.05, 0) is 43.5 Å². The zero-order valence-electron chi connectivity index (χ0n) is 15.2. The molecule has 1 aromatic rings. The van der Waals surface area contributed by atoms with Crippen molar-refractivity contribution >= 4 is 28.9 Å². The summed E-state index contributed by atoms with van der Waals surface area (Å²) >= 11 is 0. The van der Waals surface area contributed by atoms with Gasteiger partial charge >= 0.3 is 0 Å². The third kappa shape index (κ3) is 7.69. The Morgan fingerprint density at radius 2 is 1.64 bits per heavy atom. The lowest BCUT2D eigenvalue weighted by atomic mass is 10.1. The molecule has 0 aliphatic carbocycles. The van der Waals surface area contributed by atoms with E-state index in [0.29, 0.717) is 12.8 Å². The van der Waals surface area contributed by atoms with Crippen molar-refractivity contribution in [2.24, 2.45) is 5.16 Å². The van der Waals surface area contributed by atoms with Gasteiger partial charge in [-0.3, -0.25) is 9.59 Å². The maximum atomic E-state index is 11.9. The number of rotatable bonds is 10. The van der Waals surface area contributed by atoms with Crippen molar-refractivity contribution < 1.29 is 14.8 Å². The number of anilines is 2. The van der Waals surface area contributed by atoms with Crippen LogP contribution in [0.25, 0.3) is 0 Å². The molecule has 0 spiro atoms. The molecule has 0 saturated heterocycles. The monoisotopic (exact) mass is 348 g/mol. The summed E-state index contributed by atoms with van der Waals surface area (Å²) in [4.78, 5) is 25.2. The summed E-state index contributed by atoms with van der Waals surface area (Å²) in [6, 6.07) is 7.70. The second kappa shape index (κ2) is 11.1. The smallest absolute Gasteiger partial charge is 0.268 e. The first-order valence-corrected chi connectivity index (χ1v) is 8.48. The molecule has 1 aromatic carbocycles. The highest BCUT2D eigenvalue weighted by molar-refractivity contribution is 6.38. The minimum atomic E-state index is -0.359. The maximum Gasteiger partial charge on any atom is 0.268 e. The zero-order valence-corrected chi connectivity index (χ0v) is 15.2. The van der Waals surface area contributed by atoms with Crippen LogP contribution in [0.2, 0.25) is 0 Å². The first-order chi connectivity index (χ1) is 12.0. The Kier molecular flexibility index (Phi) is 9.06. The van der Waals surface area contributed by atoms with Crippen LogP contribution in [0.1, 0.15) is 38.5 Å². The molecule has 0 fully saturated rings. The highest BCUT2D eigenvalue weighted by Crippen LogP contribution is 2.16. The van der Waals surface area contributed by atoms with Crippen molar-refractivity contribution in [1.82, 2.24) is 5.32 Å². The third-order valence-corrected chi connectivity index (χ3v) is 3.84. The molecule has 0 aromatic heterocycles. The number of nitrogens with one attached hydrogen (secondary N) is 2. The predicted molar refractivity (Wildman–Crippen MR) is 100 cm³/mol. The van der Waals surface area contributed by atoms with Crippen LogP contribution in [-0.4, -0.2) is 43.9 Å². The van der Waals surface area contributed by atoms with Crippen LogP contribution in [0.5, 0.6) is 0 Å². The van der Waals surface area contributed by atoms with Gasteiger partial charge in [0, 0.05) is 38.9 Å². The van der Waals surface area contributed by atoms with E-state index < -0.39 is 0 Å². The molecule has 0 unspecified atom stereocenters. The van der Waals surface area contributed by atoms with Gasteiger partial charge in [0.05, 0.1) is 0 Å². The Bertz CT molecular complexity index is 582. The van der Waals surface area contributed by atoms with Crippen LogP contribution < -0.4 is 15.5 Å². The molecule has 0 radical (unpaired) electrons. The summed E-state index contributed by atoms with van der Waals surface area (Å²) in [7, 11) is 5.44. The standard InChI is InChI=1S/C18H28N4O3/c1-19-18(24)16(21-25)8-6-4-5-7-9-17(23)20-14-10-12-15(13-11-14)22(2)3/h10-13,25H,4-9H2,1-3H3,(H,19,24)(H,20,23)/b21-16+. The fourth-order valence-electron chi connectivity index (χ4n) is 2.35. The number of hydrogen-bond donors (Lipinski definition) is 3. The van der Waals surface area contributed by atoms with Gasteiger partial charge in [0.1, 0.15) is 5.71 Å². The van der Waals surface area contributed by atoms with Gasteiger partial charge in [-0.25, -0.2) is 0 Å². The van der Waals surface area contributed by atoms with E-state index >= 15 is 0 Å². The number of unbranched alkanes of at least 4 members (excludes halogenated alkanes) is 3. The molecular weight excluding hydrogens is 320 g/mol. The Labute approximate surface area is 149 Å². The van der Waals surface area contributed by atoms with E-state index in [-0.39, 0.29) is 17.5 Å². The summed E-state index contributed by atoms with van der Waals surface area (Å²) in [5.41, 5.74) is 2.02. The molecule has 25 heavy (non-hydrogen) atoms. The molecule has 3 N–H and O–H groups in total. The van der Waals surface area contributed by atoms with Crippen molar-refractivity contribution in [3.05, 3.63) is 24.3 Å². The highest BCUT2D eigenvalue weighted by atomic mass is 16.4. The summed E-state index contributed by atoms with van der Waals surface area (Å²) in [5, 5.41) is 17.1. The fraction of sp³-hybridized carbons (Fsp3) is 0.500.